The summed E-state index contributed by atoms with van der Waals surface area (Å²) in [6.07, 6.45) is 0. The minimum Gasteiger partial charge on any atom is -0.493 e. The molecule has 0 heterocycles. The molecule has 0 saturated carbocycles. The van der Waals surface area contributed by atoms with Crippen LogP contribution in [0.2, 0.25) is 0 Å². The highest BCUT2D eigenvalue weighted by molar-refractivity contribution is 9.10. The lowest BCUT2D eigenvalue weighted by molar-refractivity contribution is 0.286. The molecule has 0 amide bonds. The van der Waals surface area contributed by atoms with Gasteiger partial charge >= 0.3 is 0 Å². The molecule has 2 aromatic rings. The summed E-state index contributed by atoms with van der Waals surface area (Å²) < 4.78 is 12.5. The Labute approximate surface area is 127 Å². The van der Waals surface area contributed by atoms with Gasteiger partial charge in [0.15, 0.2) is 0 Å². The molecule has 0 saturated heterocycles. The zero-order chi connectivity index (χ0) is 14.5. The topological polar surface area (TPSA) is 44.5 Å². The Morgan fingerprint density at radius 2 is 1.90 bits per heavy atom. The molecule has 0 unspecified atom stereocenters. The van der Waals surface area contributed by atoms with Crippen LogP contribution in [0.1, 0.15) is 18.1 Å². The van der Waals surface area contributed by atoms with Gasteiger partial charge in [-0.2, -0.15) is 0 Å². The van der Waals surface area contributed by atoms with Gasteiger partial charge in [-0.25, -0.2) is 0 Å². The highest BCUT2D eigenvalue weighted by Crippen LogP contribution is 2.25. The van der Waals surface area contributed by atoms with E-state index in [-0.39, 0.29) is 0 Å². The van der Waals surface area contributed by atoms with Crippen molar-refractivity contribution in [2.24, 2.45) is 0 Å². The minimum absolute atomic E-state index is 0.432. The number of benzene rings is 2. The summed E-state index contributed by atoms with van der Waals surface area (Å²) >= 11 is 3.47. The van der Waals surface area contributed by atoms with Crippen LogP contribution >= 0.6 is 15.9 Å². The van der Waals surface area contributed by atoms with Crippen molar-refractivity contribution in [3.63, 3.8) is 0 Å². The molecule has 0 radical (unpaired) electrons. The molecule has 20 heavy (non-hydrogen) atoms. The molecule has 2 aromatic carbocycles. The average molecular weight is 336 g/mol. The molecule has 0 fully saturated rings. The van der Waals surface area contributed by atoms with Crippen LogP contribution in [0.25, 0.3) is 0 Å². The Morgan fingerprint density at radius 3 is 2.60 bits per heavy atom. The van der Waals surface area contributed by atoms with E-state index in [9.17, 15) is 0 Å². The molecule has 0 aliphatic heterocycles. The molecule has 0 aliphatic rings. The Balaban J connectivity index is 2.13. The summed E-state index contributed by atoms with van der Waals surface area (Å²) in [7, 11) is 0. The van der Waals surface area contributed by atoms with Gasteiger partial charge in [-0.15, -0.1) is 0 Å². The van der Waals surface area contributed by atoms with Crippen molar-refractivity contribution >= 4 is 21.6 Å². The van der Waals surface area contributed by atoms with Crippen molar-refractivity contribution in [3.05, 3.63) is 52.0 Å². The van der Waals surface area contributed by atoms with Crippen LogP contribution in [-0.2, 0) is 6.61 Å². The molecular formula is C16H18BrNO2. The van der Waals surface area contributed by atoms with Crippen LogP contribution in [0.4, 0.5) is 5.69 Å². The zero-order valence-electron chi connectivity index (χ0n) is 11.7. The van der Waals surface area contributed by atoms with Crippen molar-refractivity contribution in [3.8, 4) is 11.5 Å². The van der Waals surface area contributed by atoms with Gasteiger partial charge in [0.1, 0.15) is 18.1 Å². The Kier molecular flexibility index (Phi) is 4.90. The van der Waals surface area contributed by atoms with Crippen molar-refractivity contribution in [1.82, 2.24) is 0 Å². The second kappa shape index (κ2) is 6.66. The lowest BCUT2D eigenvalue weighted by Crippen LogP contribution is -2.02. The predicted molar refractivity (Wildman–Crippen MR) is 85.2 cm³/mol. The third-order valence-corrected chi connectivity index (χ3v) is 3.80. The second-order valence-electron chi connectivity index (χ2n) is 4.50. The maximum Gasteiger partial charge on any atom is 0.126 e. The Hall–Kier alpha value is -1.68. The third kappa shape index (κ3) is 3.67. The summed E-state index contributed by atoms with van der Waals surface area (Å²) in [5, 5.41) is 0. The number of ether oxygens (including phenoxy) is 2. The quantitative estimate of drug-likeness (QED) is 0.827. The van der Waals surface area contributed by atoms with E-state index < -0.39 is 0 Å². The van der Waals surface area contributed by atoms with E-state index in [1.807, 2.05) is 50.2 Å². The molecule has 0 spiro atoms. The van der Waals surface area contributed by atoms with Crippen molar-refractivity contribution in [2.75, 3.05) is 12.3 Å². The number of anilines is 1. The zero-order valence-corrected chi connectivity index (χ0v) is 13.2. The van der Waals surface area contributed by atoms with Gasteiger partial charge in [-0.1, -0.05) is 15.9 Å². The number of rotatable bonds is 5. The largest absolute Gasteiger partial charge is 0.493 e. The van der Waals surface area contributed by atoms with E-state index >= 15 is 0 Å². The van der Waals surface area contributed by atoms with Crippen LogP contribution < -0.4 is 15.2 Å². The van der Waals surface area contributed by atoms with Crippen molar-refractivity contribution in [1.29, 1.82) is 0 Å². The first kappa shape index (κ1) is 14.7. The molecule has 0 aromatic heterocycles. The number of halogens is 1. The van der Waals surface area contributed by atoms with Gasteiger partial charge in [0, 0.05) is 15.7 Å². The normalized spacial score (nSPS) is 10.3. The summed E-state index contributed by atoms with van der Waals surface area (Å²) in [5.41, 5.74) is 8.62. The van der Waals surface area contributed by atoms with Gasteiger partial charge in [0.25, 0.3) is 0 Å². The molecule has 3 nitrogen and oxygen atoms in total. The van der Waals surface area contributed by atoms with Gasteiger partial charge in [0.05, 0.1) is 6.61 Å². The number of hydrogen-bond donors (Lipinski definition) is 1. The molecular weight excluding hydrogens is 318 g/mol. The summed E-state index contributed by atoms with van der Waals surface area (Å²) in [4.78, 5) is 0. The van der Waals surface area contributed by atoms with E-state index in [2.05, 4.69) is 15.9 Å². The smallest absolute Gasteiger partial charge is 0.126 e. The number of hydrogen-bond acceptors (Lipinski definition) is 3. The van der Waals surface area contributed by atoms with E-state index in [1.54, 1.807) is 0 Å². The van der Waals surface area contributed by atoms with Crippen molar-refractivity contribution < 1.29 is 9.47 Å². The second-order valence-corrected chi connectivity index (χ2v) is 5.35. The Morgan fingerprint density at radius 1 is 1.10 bits per heavy atom. The predicted octanol–water partition coefficient (Wildman–Crippen LogP) is 4.32. The fraction of sp³-hybridized carbons (Fsp3) is 0.250. The molecule has 4 heteroatoms. The highest BCUT2D eigenvalue weighted by atomic mass is 79.9. The molecule has 2 N–H and O–H groups in total. The Bertz CT molecular complexity index is 599. The summed E-state index contributed by atoms with van der Waals surface area (Å²) in [6, 6.07) is 11.5. The standard InChI is InChI=1S/C16H18BrNO2/c1-3-19-16-7-4-13(18)9-12(16)10-20-14-5-6-15(17)11(2)8-14/h4-9H,3,10,18H2,1-2H3. The number of nitrogens with two attached hydrogens (primary N) is 1. The van der Waals surface area contributed by atoms with Gasteiger partial charge < -0.3 is 15.2 Å². The minimum atomic E-state index is 0.432. The summed E-state index contributed by atoms with van der Waals surface area (Å²) in [5.74, 6) is 1.64. The maximum absolute atomic E-state index is 5.82. The van der Waals surface area contributed by atoms with Crippen LogP contribution in [-0.4, -0.2) is 6.61 Å². The van der Waals surface area contributed by atoms with E-state index in [0.717, 1.165) is 27.1 Å². The SMILES string of the molecule is CCOc1ccc(N)cc1COc1ccc(Br)c(C)c1. The lowest BCUT2D eigenvalue weighted by atomic mass is 10.2. The van der Waals surface area contributed by atoms with Gasteiger partial charge in [0.2, 0.25) is 0 Å². The molecule has 0 bridgehead atoms. The van der Waals surface area contributed by atoms with E-state index in [1.165, 1.54) is 0 Å². The first-order valence-electron chi connectivity index (χ1n) is 6.50. The van der Waals surface area contributed by atoms with Gasteiger partial charge in [-0.3, -0.25) is 0 Å². The molecule has 106 valence electrons. The first-order chi connectivity index (χ1) is 9.60. The molecule has 2 rings (SSSR count). The van der Waals surface area contributed by atoms with E-state index in [0.29, 0.717) is 18.9 Å². The first-order valence-corrected chi connectivity index (χ1v) is 7.29. The van der Waals surface area contributed by atoms with E-state index in [4.69, 9.17) is 15.2 Å². The fourth-order valence-electron chi connectivity index (χ4n) is 1.88. The maximum atomic E-state index is 5.82. The number of aryl methyl sites for hydroxylation is 1. The lowest BCUT2D eigenvalue weighted by Gasteiger charge is -2.13. The monoisotopic (exact) mass is 335 g/mol. The fourth-order valence-corrected chi connectivity index (χ4v) is 2.12. The van der Waals surface area contributed by atoms with Crippen LogP contribution in [0.3, 0.4) is 0 Å². The molecule has 0 aliphatic carbocycles. The third-order valence-electron chi connectivity index (χ3n) is 2.91. The highest BCUT2D eigenvalue weighted by Gasteiger charge is 2.06. The summed E-state index contributed by atoms with van der Waals surface area (Å²) in [6.45, 7) is 5.04. The average Bonchev–Trinajstić information content (AvgIpc) is 2.43. The van der Waals surface area contributed by atoms with Gasteiger partial charge in [-0.05, 0) is 55.8 Å². The molecule has 0 atom stereocenters. The van der Waals surface area contributed by atoms with Crippen LogP contribution in [0, 0.1) is 6.92 Å². The van der Waals surface area contributed by atoms with Crippen LogP contribution in [0.15, 0.2) is 40.9 Å². The van der Waals surface area contributed by atoms with Crippen LogP contribution in [0.5, 0.6) is 11.5 Å². The number of nitrogen functional groups attached to an aromatic ring is 1. The van der Waals surface area contributed by atoms with Crippen molar-refractivity contribution in [2.45, 2.75) is 20.5 Å².